The Bertz CT molecular complexity index is 689. The molecule has 0 unspecified atom stereocenters. The largest absolute Gasteiger partial charge is 0.456 e. The van der Waals surface area contributed by atoms with Gasteiger partial charge in [-0.3, -0.25) is 0 Å². The summed E-state index contributed by atoms with van der Waals surface area (Å²) in [6.07, 6.45) is 1.81. The molecule has 4 heteroatoms. The number of anilines is 1. The fourth-order valence-electron chi connectivity index (χ4n) is 1.84. The summed E-state index contributed by atoms with van der Waals surface area (Å²) in [4.78, 5) is 4.29. The lowest BCUT2D eigenvalue weighted by Crippen LogP contribution is -1.90. The standard InChI is InChI=1S/C14H11IN2O/c1-16-14-5-2-9(8-17-14)13-7-10-6-11(15)3-4-12(10)18-13/h2-8H,1H3,(H,16,17). The van der Waals surface area contributed by atoms with Crippen molar-refractivity contribution < 1.29 is 4.42 Å². The maximum atomic E-state index is 5.82. The number of fused-ring (bicyclic) bond motifs is 1. The fourth-order valence-corrected chi connectivity index (χ4v) is 2.36. The summed E-state index contributed by atoms with van der Waals surface area (Å²) >= 11 is 2.30. The highest BCUT2D eigenvalue weighted by atomic mass is 127. The van der Waals surface area contributed by atoms with Gasteiger partial charge in [0.15, 0.2) is 0 Å². The number of hydrogen-bond acceptors (Lipinski definition) is 3. The normalized spacial score (nSPS) is 10.8. The van der Waals surface area contributed by atoms with Crippen molar-refractivity contribution in [3.63, 3.8) is 0 Å². The minimum atomic E-state index is 0.849. The molecule has 2 heterocycles. The average molecular weight is 350 g/mol. The van der Waals surface area contributed by atoms with Crippen LogP contribution in [0.2, 0.25) is 0 Å². The number of hydrogen-bond donors (Lipinski definition) is 1. The molecule has 0 saturated heterocycles. The molecule has 0 radical (unpaired) electrons. The predicted octanol–water partition coefficient (Wildman–Crippen LogP) is 4.14. The third-order valence-electron chi connectivity index (χ3n) is 2.78. The highest BCUT2D eigenvalue weighted by Crippen LogP contribution is 2.28. The zero-order chi connectivity index (χ0) is 12.5. The summed E-state index contributed by atoms with van der Waals surface area (Å²) in [5.41, 5.74) is 1.89. The van der Waals surface area contributed by atoms with Crippen LogP contribution in [-0.4, -0.2) is 12.0 Å². The van der Waals surface area contributed by atoms with Crippen LogP contribution in [0.3, 0.4) is 0 Å². The molecule has 0 bridgehead atoms. The van der Waals surface area contributed by atoms with Crippen molar-refractivity contribution in [3.05, 3.63) is 46.2 Å². The number of pyridine rings is 1. The first-order valence-corrected chi connectivity index (χ1v) is 6.67. The van der Waals surface area contributed by atoms with Gasteiger partial charge in [-0.05, 0) is 59.0 Å². The van der Waals surface area contributed by atoms with Crippen molar-refractivity contribution in [2.75, 3.05) is 12.4 Å². The first kappa shape index (κ1) is 11.5. The van der Waals surface area contributed by atoms with E-state index in [4.69, 9.17) is 4.42 Å². The Morgan fingerprint density at radius 1 is 1.17 bits per heavy atom. The molecule has 0 amide bonds. The fraction of sp³-hybridized carbons (Fsp3) is 0.0714. The van der Waals surface area contributed by atoms with Gasteiger partial charge in [0.05, 0.1) is 0 Å². The van der Waals surface area contributed by atoms with Crippen molar-refractivity contribution in [2.24, 2.45) is 0 Å². The summed E-state index contributed by atoms with van der Waals surface area (Å²) < 4.78 is 7.02. The summed E-state index contributed by atoms with van der Waals surface area (Å²) in [5.74, 6) is 1.70. The van der Waals surface area contributed by atoms with Gasteiger partial charge in [-0.15, -0.1) is 0 Å². The molecule has 3 rings (SSSR count). The number of rotatable bonds is 2. The zero-order valence-corrected chi connectivity index (χ0v) is 11.9. The summed E-state index contributed by atoms with van der Waals surface area (Å²) in [6, 6.07) is 12.1. The van der Waals surface area contributed by atoms with Crippen LogP contribution in [0.4, 0.5) is 5.82 Å². The molecular formula is C14H11IN2O. The molecule has 90 valence electrons. The van der Waals surface area contributed by atoms with E-state index < -0.39 is 0 Å². The smallest absolute Gasteiger partial charge is 0.136 e. The summed E-state index contributed by atoms with van der Waals surface area (Å²) in [7, 11) is 1.85. The third-order valence-corrected chi connectivity index (χ3v) is 3.45. The van der Waals surface area contributed by atoms with Crippen molar-refractivity contribution in [1.29, 1.82) is 0 Å². The number of benzene rings is 1. The Morgan fingerprint density at radius 3 is 2.78 bits per heavy atom. The van der Waals surface area contributed by atoms with Crippen molar-refractivity contribution in [3.8, 4) is 11.3 Å². The van der Waals surface area contributed by atoms with Gasteiger partial charge in [0.1, 0.15) is 17.2 Å². The molecule has 0 aliphatic heterocycles. The predicted molar refractivity (Wildman–Crippen MR) is 81.7 cm³/mol. The molecule has 0 spiro atoms. The molecule has 0 aliphatic rings. The second-order valence-corrected chi connectivity index (χ2v) is 5.22. The lowest BCUT2D eigenvalue weighted by molar-refractivity contribution is 0.631. The Hall–Kier alpha value is -1.56. The zero-order valence-electron chi connectivity index (χ0n) is 9.77. The molecular weight excluding hydrogens is 339 g/mol. The monoisotopic (exact) mass is 350 g/mol. The molecule has 0 atom stereocenters. The van der Waals surface area contributed by atoms with E-state index in [0.29, 0.717) is 0 Å². The van der Waals surface area contributed by atoms with E-state index in [0.717, 1.165) is 28.1 Å². The van der Waals surface area contributed by atoms with Crippen LogP contribution in [0.25, 0.3) is 22.3 Å². The number of aromatic nitrogens is 1. The van der Waals surface area contributed by atoms with Crippen molar-refractivity contribution >= 4 is 39.4 Å². The van der Waals surface area contributed by atoms with Gasteiger partial charge < -0.3 is 9.73 Å². The van der Waals surface area contributed by atoms with Crippen LogP contribution in [0, 0.1) is 3.57 Å². The van der Waals surface area contributed by atoms with Crippen molar-refractivity contribution in [1.82, 2.24) is 4.98 Å². The number of nitrogens with one attached hydrogen (secondary N) is 1. The molecule has 3 aromatic rings. The van der Waals surface area contributed by atoms with Crippen LogP contribution < -0.4 is 5.32 Å². The molecule has 0 saturated carbocycles. The van der Waals surface area contributed by atoms with E-state index in [1.165, 1.54) is 3.57 Å². The van der Waals surface area contributed by atoms with E-state index in [2.05, 4.69) is 39.0 Å². The first-order valence-electron chi connectivity index (χ1n) is 5.59. The van der Waals surface area contributed by atoms with Gasteiger partial charge in [-0.25, -0.2) is 4.98 Å². The van der Waals surface area contributed by atoms with E-state index in [1.807, 2.05) is 43.6 Å². The quantitative estimate of drug-likeness (QED) is 0.706. The van der Waals surface area contributed by atoms with Gasteiger partial charge in [0.25, 0.3) is 0 Å². The molecule has 1 aromatic carbocycles. The maximum absolute atomic E-state index is 5.82. The minimum absolute atomic E-state index is 0.849. The van der Waals surface area contributed by atoms with E-state index >= 15 is 0 Å². The molecule has 2 aromatic heterocycles. The second kappa shape index (κ2) is 4.61. The van der Waals surface area contributed by atoms with Gasteiger partial charge in [-0.1, -0.05) is 0 Å². The number of furan rings is 1. The SMILES string of the molecule is CNc1ccc(-c2cc3cc(I)ccc3o2)cn1. The summed E-state index contributed by atoms with van der Waals surface area (Å²) in [5, 5.41) is 4.12. The first-order chi connectivity index (χ1) is 8.76. The Kier molecular flexibility index (Phi) is 2.95. The summed E-state index contributed by atoms with van der Waals surface area (Å²) in [6.45, 7) is 0. The lowest BCUT2D eigenvalue weighted by Gasteiger charge is -1.99. The molecule has 0 aliphatic carbocycles. The molecule has 18 heavy (non-hydrogen) atoms. The Balaban J connectivity index is 2.07. The van der Waals surface area contributed by atoms with Gasteiger partial charge >= 0.3 is 0 Å². The molecule has 0 fully saturated rings. The van der Waals surface area contributed by atoms with Crippen LogP contribution in [0.5, 0.6) is 0 Å². The molecule has 3 nitrogen and oxygen atoms in total. The Labute approximate surface area is 118 Å². The maximum Gasteiger partial charge on any atom is 0.136 e. The molecule has 1 N–H and O–H groups in total. The second-order valence-electron chi connectivity index (χ2n) is 3.97. The number of halogens is 1. The third kappa shape index (κ3) is 2.08. The minimum Gasteiger partial charge on any atom is -0.456 e. The highest BCUT2D eigenvalue weighted by Gasteiger charge is 2.06. The number of nitrogens with zero attached hydrogens (tertiary/aromatic N) is 1. The van der Waals surface area contributed by atoms with Crippen LogP contribution >= 0.6 is 22.6 Å². The van der Waals surface area contributed by atoms with Gasteiger partial charge in [0, 0.05) is 27.8 Å². The van der Waals surface area contributed by atoms with Gasteiger partial charge in [0.2, 0.25) is 0 Å². The van der Waals surface area contributed by atoms with E-state index in [1.54, 1.807) is 0 Å². The highest BCUT2D eigenvalue weighted by molar-refractivity contribution is 14.1. The van der Waals surface area contributed by atoms with Crippen molar-refractivity contribution in [2.45, 2.75) is 0 Å². The topological polar surface area (TPSA) is 38.1 Å². The van der Waals surface area contributed by atoms with Gasteiger partial charge in [-0.2, -0.15) is 0 Å². The van der Waals surface area contributed by atoms with Crippen LogP contribution in [0.1, 0.15) is 0 Å². The van der Waals surface area contributed by atoms with Crippen LogP contribution in [0.15, 0.2) is 47.0 Å². The van der Waals surface area contributed by atoms with E-state index in [-0.39, 0.29) is 0 Å². The Morgan fingerprint density at radius 2 is 2.06 bits per heavy atom. The van der Waals surface area contributed by atoms with Crippen LogP contribution in [-0.2, 0) is 0 Å². The lowest BCUT2D eigenvalue weighted by atomic mass is 10.2. The van der Waals surface area contributed by atoms with E-state index in [9.17, 15) is 0 Å². The average Bonchev–Trinajstić information content (AvgIpc) is 2.81.